The molecule has 7 nitrogen and oxygen atoms in total. The van der Waals surface area contributed by atoms with E-state index in [0.717, 1.165) is 43.7 Å². The predicted molar refractivity (Wildman–Crippen MR) is 97.8 cm³/mol. The molecule has 0 unspecified atom stereocenters. The van der Waals surface area contributed by atoms with Gasteiger partial charge in [0, 0.05) is 19.1 Å². The Hall–Kier alpha value is -2.67. The predicted octanol–water partition coefficient (Wildman–Crippen LogP) is 2.20. The van der Waals surface area contributed by atoms with Crippen molar-refractivity contribution in [2.24, 2.45) is 0 Å². The fourth-order valence-electron chi connectivity index (χ4n) is 3.18. The van der Waals surface area contributed by atoms with Crippen molar-refractivity contribution in [3.8, 4) is 5.69 Å². The van der Waals surface area contributed by atoms with Gasteiger partial charge in [0.25, 0.3) is 5.91 Å². The first-order valence-electron chi connectivity index (χ1n) is 9.41. The fourth-order valence-corrected chi connectivity index (χ4v) is 3.18. The Kier molecular flexibility index (Phi) is 5.20. The average molecular weight is 369 g/mol. The summed E-state index contributed by atoms with van der Waals surface area (Å²) in [6.45, 7) is 0.872. The summed E-state index contributed by atoms with van der Waals surface area (Å²) >= 11 is 0. The lowest BCUT2D eigenvalue weighted by molar-refractivity contribution is -0.124. The van der Waals surface area contributed by atoms with Crippen LogP contribution in [-0.2, 0) is 14.3 Å². The Labute approximate surface area is 157 Å². The quantitative estimate of drug-likeness (QED) is 0.757. The molecule has 0 spiro atoms. The molecule has 1 saturated heterocycles. The lowest BCUT2D eigenvalue weighted by Crippen LogP contribution is -2.35. The number of rotatable bonds is 7. The monoisotopic (exact) mass is 369 g/mol. The number of hydrogen-bond acceptors (Lipinski definition) is 5. The molecule has 1 N–H and O–H groups in total. The molecule has 7 heteroatoms. The standard InChI is InChI=1S/C20H23N3O4/c24-19(21-12-16-7-4-10-26-16)13-27-20(25)18-11-17(14-8-9-14)22-23(18)15-5-2-1-3-6-15/h1-3,5-6,11,14,16H,4,7-10,12-13H2,(H,21,24)/t16-/m1/s1. The number of nitrogens with zero attached hydrogens (tertiary/aromatic N) is 2. The van der Waals surface area contributed by atoms with Crippen LogP contribution in [0.2, 0.25) is 0 Å². The summed E-state index contributed by atoms with van der Waals surface area (Å²) in [5.74, 6) is -0.464. The van der Waals surface area contributed by atoms with Crippen LogP contribution in [0, 0.1) is 0 Å². The first-order chi connectivity index (χ1) is 13.2. The Bertz CT molecular complexity index is 808. The fraction of sp³-hybridized carbons (Fsp3) is 0.450. The van der Waals surface area contributed by atoms with E-state index in [4.69, 9.17) is 9.47 Å². The lowest BCUT2D eigenvalue weighted by atomic mass is 10.2. The van der Waals surface area contributed by atoms with Gasteiger partial charge in [0.2, 0.25) is 0 Å². The van der Waals surface area contributed by atoms with E-state index in [9.17, 15) is 9.59 Å². The Morgan fingerprint density at radius 1 is 1.22 bits per heavy atom. The van der Waals surface area contributed by atoms with Gasteiger partial charge in [-0.2, -0.15) is 5.10 Å². The van der Waals surface area contributed by atoms with Gasteiger partial charge in [-0.3, -0.25) is 4.79 Å². The van der Waals surface area contributed by atoms with E-state index < -0.39 is 5.97 Å². The zero-order chi connectivity index (χ0) is 18.6. The minimum Gasteiger partial charge on any atom is -0.451 e. The van der Waals surface area contributed by atoms with Crippen molar-refractivity contribution in [3.05, 3.63) is 47.8 Å². The highest BCUT2D eigenvalue weighted by atomic mass is 16.5. The molecular formula is C20H23N3O4. The summed E-state index contributed by atoms with van der Waals surface area (Å²) in [6.07, 6.45) is 4.20. The molecule has 0 bridgehead atoms. The van der Waals surface area contributed by atoms with Gasteiger partial charge in [-0.05, 0) is 43.9 Å². The van der Waals surface area contributed by atoms with Crippen molar-refractivity contribution < 1.29 is 19.1 Å². The first-order valence-corrected chi connectivity index (χ1v) is 9.41. The third kappa shape index (κ3) is 4.36. The van der Waals surface area contributed by atoms with Crippen molar-refractivity contribution in [1.82, 2.24) is 15.1 Å². The summed E-state index contributed by atoms with van der Waals surface area (Å²) in [6, 6.07) is 11.2. The normalized spacial score (nSPS) is 19.0. The van der Waals surface area contributed by atoms with E-state index in [1.165, 1.54) is 0 Å². The topological polar surface area (TPSA) is 82.5 Å². The SMILES string of the molecule is O=C(COC(=O)c1cc(C2CC2)nn1-c1ccccc1)NC[C@H]1CCCO1. The minimum absolute atomic E-state index is 0.0604. The largest absolute Gasteiger partial charge is 0.451 e. The third-order valence-electron chi connectivity index (χ3n) is 4.82. The van der Waals surface area contributed by atoms with Gasteiger partial charge in [-0.25, -0.2) is 9.48 Å². The molecule has 4 rings (SSSR count). The number of para-hydroxylation sites is 1. The molecule has 142 valence electrons. The molecule has 1 aromatic carbocycles. The molecule has 0 radical (unpaired) electrons. The molecular weight excluding hydrogens is 346 g/mol. The van der Waals surface area contributed by atoms with Crippen LogP contribution in [0.5, 0.6) is 0 Å². The highest BCUT2D eigenvalue weighted by Crippen LogP contribution is 2.39. The van der Waals surface area contributed by atoms with Crippen molar-refractivity contribution >= 4 is 11.9 Å². The molecule has 1 aliphatic carbocycles. The molecule has 2 aliphatic rings. The van der Waals surface area contributed by atoms with E-state index in [1.807, 2.05) is 30.3 Å². The van der Waals surface area contributed by atoms with Crippen LogP contribution in [0.4, 0.5) is 0 Å². The maximum Gasteiger partial charge on any atom is 0.357 e. The van der Waals surface area contributed by atoms with Crippen LogP contribution in [0.15, 0.2) is 36.4 Å². The van der Waals surface area contributed by atoms with Crippen LogP contribution in [0.1, 0.15) is 47.8 Å². The second-order valence-corrected chi connectivity index (χ2v) is 6.99. The van der Waals surface area contributed by atoms with Gasteiger partial charge in [-0.1, -0.05) is 18.2 Å². The van der Waals surface area contributed by atoms with Crippen LogP contribution in [0.3, 0.4) is 0 Å². The average Bonchev–Trinajstić information content (AvgIpc) is 3.23. The minimum atomic E-state index is -0.550. The Balaban J connectivity index is 1.39. The smallest absolute Gasteiger partial charge is 0.357 e. The summed E-state index contributed by atoms with van der Waals surface area (Å²) in [5, 5.41) is 7.33. The zero-order valence-corrected chi connectivity index (χ0v) is 15.1. The highest BCUT2D eigenvalue weighted by Gasteiger charge is 2.29. The molecule has 2 fully saturated rings. The van der Waals surface area contributed by atoms with Gasteiger partial charge < -0.3 is 14.8 Å². The molecule has 1 amide bonds. The Morgan fingerprint density at radius 3 is 2.74 bits per heavy atom. The summed E-state index contributed by atoms with van der Waals surface area (Å²) < 4.78 is 12.3. The first kappa shape index (κ1) is 17.7. The number of nitrogens with one attached hydrogen (secondary N) is 1. The van der Waals surface area contributed by atoms with E-state index in [1.54, 1.807) is 10.7 Å². The lowest BCUT2D eigenvalue weighted by Gasteiger charge is -2.11. The van der Waals surface area contributed by atoms with E-state index >= 15 is 0 Å². The summed E-state index contributed by atoms with van der Waals surface area (Å²) in [5.41, 5.74) is 2.03. The number of aromatic nitrogens is 2. The number of benzene rings is 1. The van der Waals surface area contributed by atoms with Crippen LogP contribution in [0.25, 0.3) is 5.69 Å². The van der Waals surface area contributed by atoms with Crippen molar-refractivity contribution in [3.63, 3.8) is 0 Å². The zero-order valence-electron chi connectivity index (χ0n) is 15.1. The van der Waals surface area contributed by atoms with Gasteiger partial charge in [0.05, 0.1) is 17.5 Å². The number of carbonyl (C=O) groups excluding carboxylic acids is 2. The number of ether oxygens (including phenoxy) is 2. The second-order valence-electron chi connectivity index (χ2n) is 6.99. The van der Waals surface area contributed by atoms with Crippen LogP contribution in [-0.4, -0.2) is 47.5 Å². The molecule has 2 aromatic rings. The second kappa shape index (κ2) is 7.92. The molecule has 1 atom stereocenters. The molecule has 1 saturated carbocycles. The van der Waals surface area contributed by atoms with E-state index in [0.29, 0.717) is 18.2 Å². The number of esters is 1. The van der Waals surface area contributed by atoms with E-state index in [2.05, 4.69) is 10.4 Å². The molecule has 2 heterocycles. The molecule has 1 aromatic heterocycles. The number of hydrogen-bond donors (Lipinski definition) is 1. The highest BCUT2D eigenvalue weighted by molar-refractivity contribution is 5.90. The van der Waals surface area contributed by atoms with Crippen molar-refractivity contribution in [2.45, 2.75) is 37.7 Å². The van der Waals surface area contributed by atoms with Crippen molar-refractivity contribution in [1.29, 1.82) is 0 Å². The van der Waals surface area contributed by atoms with Crippen LogP contribution < -0.4 is 5.32 Å². The number of amides is 1. The van der Waals surface area contributed by atoms with Crippen molar-refractivity contribution in [2.75, 3.05) is 19.8 Å². The maximum atomic E-state index is 12.6. The van der Waals surface area contributed by atoms with Gasteiger partial charge in [-0.15, -0.1) is 0 Å². The maximum absolute atomic E-state index is 12.6. The van der Waals surface area contributed by atoms with Crippen LogP contribution >= 0.6 is 0 Å². The van der Waals surface area contributed by atoms with Gasteiger partial charge >= 0.3 is 5.97 Å². The third-order valence-corrected chi connectivity index (χ3v) is 4.82. The summed E-state index contributed by atoms with van der Waals surface area (Å²) in [7, 11) is 0. The van der Waals surface area contributed by atoms with E-state index in [-0.39, 0.29) is 18.6 Å². The number of carbonyl (C=O) groups is 2. The summed E-state index contributed by atoms with van der Waals surface area (Å²) in [4.78, 5) is 24.5. The Morgan fingerprint density at radius 2 is 2.04 bits per heavy atom. The molecule has 27 heavy (non-hydrogen) atoms. The van der Waals surface area contributed by atoms with Gasteiger partial charge in [0.1, 0.15) is 0 Å². The van der Waals surface area contributed by atoms with Gasteiger partial charge in [0.15, 0.2) is 12.3 Å². The molecule has 1 aliphatic heterocycles.